The molecule has 0 aliphatic rings. The summed E-state index contributed by atoms with van der Waals surface area (Å²) in [6.07, 6.45) is 1.31. The lowest BCUT2D eigenvalue weighted by Gasteiger charge is -2.09. The van der Waals surface area contributed by atoms with Gasteiger partial charge in [-0.3, -0.25) is 9.79 Å². The highest BCUT2D eigenvalue weighted by Gasteiger charge is 2.28. The second kappa shape index (κ2) is 18.5. The van der Waals surface area contributed by atoms with E-state index in [1.165, 1.54) is 6.21 Å². The molecule has 0 fully saturated rings. The number of carbonyl (C=O) groups is 1. The van der Waals surface area contributed by atoms with Gasteiger partial charge in [-0.15, -0.1) is 0 Å². The average molecular weight is 529 g/mol. The number of aliphatic hydroxyl groups excluding tert-OH is 1. The van der Waals surface area contributed by atoms with Crippen molar-refractivity contribution < 1.29 is 55.5 Å². The monoisotopic (exact) mass is 529 g/mol. The molecule has 204 valence electrons. The summed E-state index contributed by atoms with van der Waals surface area (Å²) in [5.41, 5.74) is 0.486. The van der Waals surface area contributed by atoms with Crippen LogP contribution in [0.25, 0.3) is 0 Å². The number of ether oxygens (including phenoxy) is 5. The number of esters is 1. The van der Waals surface area contributed by atoms with E-state index in [-0.39, 0.29) is 33.0 Å². The highest BCUT2D eigenvalue weighted by atomic mass is 19.2. The Balaban J connectivity index is 2.00. The molecule has 0 radical (unpaired) electrons. The Bertz CT molecular complexity index is 846. The minimum Gasteiger partial charge on any atom is -0.420 e. The normalized spacial score (nSPS) is 12.0. The predicted octanol–water partition coefficient (Wildman–Crippen LogP) is 1.51. The average Bonchev–Trinajstić information content (AvgIpc) is 2.87. The molecule has 15 heteroatoms. The van der Waals surface area contributed by atoms with E-state index in [9.17, 15) is 26.7 Å². The van der Waals surface area contributed by atoms with Crippen LogP contribution in [0.1, 0.15) is 12.8 Å². The first-order valence-electron chi connectivity index (χ1n) is 10.7. The molecule has 0 saturated carbocycles. The number of hydrogen-bond donors (Lipinski definition) is 2. The molecule has 0 spiro atoms. The van der Waals surface area contributed by atoms with Gasteiger partial charge in [0.1, 0.15) is 0 Å². The minimum absolute atomic E-state index is 0.0657. The van der Waals surface area contributed by atoms with Crippen LogP contribution in [0.4, 0.5) is 22.0 Å². The third kappa shape index (κ3) is 11.8. The molecular formula is C21H28F5N3O7. The second-order valence-corrected chi connectivity index (χ2v) is 6.70. The molecule has 0 aliphatic carbocycles. The molecule has 36 heavy (non-hydrogen) atoms. The molecule has 1 aromatic carbocycles. The SMILES string of the molecule is N/N=C(\C=NCCOCCOCCOCCOCCC(=O)Oc1c(F)c(F)c(F)c(F)c1F)CCO. The number of nitrogens with two attached hydrogens (primary N) is 1. The molecule has 1 rings (SSSR count). The molecular weight excluding hydrogens is 501 g/mol. The number of halogens is 5. The van der Waals surface area contributed by atoms with Gasteiger partial charge in [-0.05, 0) is 0 Å². The summed E-state index contributed by atoms with van der Waals surface area (Å²) in [5, 5.41) is 12.2. The van der Waals surface area contributed by atoms with Crippen molar-refractivity contribution in [1.29, 1.82) is 0 Å². The van der Waals surface area contributed by atoms with Gasteiger partial charge in [0.2, 0.25) is 34.8 Å². The molecule has 0 atom stereocenters. The van der Waals surface area contributed by atoms with Crippen LogP contribution in [0.2, 0.25) is 0 Å². The highest BCUT2D eigenvalue weighted by molar-refractivity contribution is 6.30. The van der Waals surface area contributed by atoms with E-state index in [0.29, 0.717) is 45.1 Å². The van der Waals surface area contributed by atoms with Gasteiger partial charge in [-0.25, -0.2) is 13.2 Å². The van der Waals surface area contributed by atoms with Gasteiger partial charge < -0.3 is 34.6 Å². The number of benzene rings is 1. The lowest BCUT2D eigenvalue weighted by Crippen LogP contribution is -2.16. The maximum atomic E-state index is 13.5. The standard InChI is InChI=1S/C21H28F5N3O7/c22-16-17(23)19(25)21(20(26)18(16)24)36-15(31)2-5-32-7-9-34-11-12-35-10-8-33-6-3-28-13-14(29-27)1-4-30/h13,30H,1-12,27H2/b28-13?,29-14-. The summed E-state index contributed by atoms with van der Waals surface area (Å²) in [5.74, 6) is -9.02. The lowest BCUT2D eigenvalue weighted by atomic mass is 10.2. The Morgan fingerprint density at radius 1 is 0.750 bits per heavy atom. The van der Waals surface area contributed by atoms with Crippen LogP contribution in [0, 0.1) is 29.1 Å². The molecule has 0 aromatic heterocycles. The number of hydrogen-bond acceptors (Lipinski definition) is 10. The van der Waals surface area contributed by atoms with Crippen molar-refractivity contribution in [3.05, 3.63) is 29.1 Å². The van der Waals surface area contributed by atoms with Crippen LogP contribution in [0.3, 0.4) is 0 Å². The van der Waals surface area contributed by atoms with E-state index < -0.39 is 47.2 Å². The smallest absolute Gasteiger partial charge is 0.313 e. The maximum absolute atomic E-state index is 13.5. The van der Waals surface area contributed by atoms with Crippen LogP contribution in [-0.2, 0) is 23.7 Å². The van der Waals surface area contributed by atoms with Gasteiger partial charge in [0.15, 0.2) is 0 Å². The molecule has 0 bridgehead atoms. The number of hydrazone groups is 1. The second-order valence-electron chi connectivity index (χ2n) is 6.70. The Kier molecular flexibility index (Phi) is 16.1. The first-order chi connectivity index (χ1) is 17.3. The summed E-state index contributed by atoms with van der Waals surface area (Å²) in [7, 11) is 0. The summed E-state index contributed by atoms with van der Waals surface area (Å²) in [4.78, 5) is 15.6. The van der Waals surface area contributed by atoms with E-state index >= 15 is 0 Å². The molecule has 0 aliphatic heterocycles. The molecule has 0 saturated heterocycles. The van der Waals surface area contributed by atoms with Crippen LogP contribution in [-0.4, -0.2) is 89.0 Å². The van der Waals surface area contributed by atoms with Gasteiger partial charge >= 0.3 is 5.97 Å². The number of aliphatic hydroxyl groups is 1. The molecule has 0 heterocycles. The quantitative estimate of drug-likeness (QED) is 0.0317. The van der Waals surface area contributed by atoms with Gasteiger partial charge in [-0.2, -0.15) is 13.9 Å². The van der Waals surface area contributed by atoms with Crippen molar-refractivity contribution in [1.82, 2.24) is 0 Å². The highest BCUT2D eigenvalue weighted by Crippen LogP contribution is 2.29. The van der Waals surface area contributed by atoms with Crippen LogP contribution in [0.5, 0.6) is 5.75 Å². The zero-order valence-corrected chi connectivity index (χ0v) is 19.3. The summed E-state index contributed by atoms with van der Waals surface area (Å²) >= 11 is 0. The Hall–Kier alpha value is -2.72. The maximum Gasteiger partial charge on any atom is 0.313 e. The van der Waals surface area contributed by atoms with Gasteiger partial charge in [0, 0.05) is 19.2 Å². The fraction of sp³-hybridized carbons (Fsp3) is 0.571. The van der Waals surface area contributed by atoms with Crippen molar-refractivity contribution in [2.75, 3.05) is 66.0 Å². The first kappa shape index (κ1) is 31.3. The van der Waals surface area contributed by atoms with Crippen LogP contribution >= 0.6 is 0 Å². The van der Waals surface area contributed by atoms with Crippen LogP contribution < -0.4 is 10.6 Å². The summed E-state index contributed by atoms with van der Waals surface area (Å²) < 4.78 is 91.2. The predicted molar refractivity (Wildman–Crippen MR) is 116 cm³/mol. The van der Waals surface area contributed by atoms with E-state index in [2.05, 4.69) is 14.8 Å². The number of rotatable bonds is 19. The number of carbonyl (C=O) groups excluding carboxylic acids is 1. The van der Waals surface area contributed by atoms with E-state index in [0.717, 1.165) is 0 Å². The largest absolute Gasteiger partial charge is 0.420 e. The Morgan fingerprint density at radius 3 is 1.72 bits per heavy atom. The van der Waals surface area contributed by atoms with Crippen molar-refractivity contribution >= 4 is 17.9 Å². The molecule has 3 N–H and O–H groups in total. The Labute approximate surface area is 203 Å². The third-order valence-electron chi connectivity index (χ3n) is 4.09. The summed E-state index contributed by atoms with van der Waals surface area (Å²) in [6.45, 7) is 1.99. The van der Waals surface area contributed by atoms with Gasteiger partial charge in [-0.1, -0.05) is 0 Å². The van der Waals surface area contributed by atoms with Crippen molar-refractivity contribution in [2.45, 2.75) is 12.8 Å². The summed E-state index contributed by atoms with van der Waals surface area (Å²) in [6, 6.07) is 0. The minimum atomic E-state index is -2.35. The third-order valence-corrected chi connectivity index (χ3v) is 4.09. The fourth-order valence-corrected chi connectivity index (χ4v) is 2.32. The number of aliphatic imine (C=N–C) groups is 1. The molecule has 10 nitrogen and oxygen atoms in total. The Morgan fingerprint density at radius 2 is 1.22 bits per heavy atom. The zero-order chi connectivity index (χ0) is 26.8. The van der Waals surface area contributed by atoms with Crippen molar-refractivity contribution in [3.63, 3.8) is 0 Å². The molecule has 0 unspecified atom stereocenters. The van der Waals surface area contributed by atoms with E-state index in [4.69, 9.17) is 29.9 Å². The topological polar surface area (TPSA) is 134 Å². The van der Waals surface area contributed by atoms with Gasteiger partial charge in [0.05, 0.1) is 71.5 Å². The van der Waals surface area contributed by atoms with Gasteiger partial charge in [0.25, 0.3) is 0 Å². The molecule has 1 aromatic rings. The van der Waals surface area contributed by atoms with Crippen molar-refractivity contribution in [2.24, 2.45) is 15.9 Å². The lowest BCUT2D eigenvalue weighted by molar-refractivity contribution is -0.136. The van der Waals surface area contributed by atoms with Crippen LogP contribution in [0.15, 0.2) is 10.1 Å². The molecule has 0 amide bonds. The number of nitrogens with zero attached hydrogens (tertiary/aromatic N) is 2. The fourth-order valence-electron chi connectivity index (χ4n) is 2.32. The van der Waals surface area contributed by atoms with E-state index in [1.54, 1.807) is 0 Å². The van der Waals surface area contributed by atoms with Crippen molar-refractivity contribution in [3.8, 4) is 5.75 Å². The van der Waals surface area contributed by atoms with E-state index in [1.807, 2.05) is 0 Å². The zero-order valence-electron chi connectivity index (χ0n) is 19.3. The first-order valence-corrected chi connectivity index (χ1v) is 10.7.